The molecule has 13 rings (SSSR count). The van der Waals surface area contributed by atoms with Gasteiger partial charge in [-0.3, -0.25) is 0 Å². The molecule has 3 aliphatic carbocycles. The van der Waals surface area contributed by atoms with Crippen molar-refractivity contribution in [2.75, 3.05) is 10.2 Å². The third kappa shape index (κ3) is 5.77. The fourth-order valence-corrected chi connectivity index (χ4v) is 13.6. The van der Waals surface area contributed by atoms with Crippen molar-refractivity contribution >= 4 is 46.6 Å². The molecule has 3 heteroatoms. The van der Waals surface area contributed by atoms with E-state index in [4.69, 9.17) is 0 Å². The van der Waals surface area contributed by atoms with Crippen molar-refractivity contribution in [3.05, 3.63) is 208 Å². The zero-order valence-corrected chi connectivity index (χ0v) is 41.1. The van der Waals surface area contributed by atoms with Crippen molar-refractivity contribution in [1.29, 1.82) is 0 Å². The molecule has 0 unspecified atom stereocenters. The first-order valence-electron chi connectivity index (χ1n) is 25.2. The number of rotatable bonds is 3. The van der Waals surface area contributed by atoms with Gasteiger partial charge in [-0.25, -0.2) is 0 Å². The number of anilines is 5. The van der Waals surface area contributed by atoms with Crippen molar-refractivity contribution in [3.8, 4) is 33.4 Å². The van der Waals surface area contributed by atoms with Crippen LogP contribution < -0.4 is 21.1 Å². The normalized spacial score (nSPS) is 18.6. The number of nitrogens with one attached hydrogen (secondary N) is 1. The molecule has 68 heavy (non-hydrogen) atoms. The highest BCUT2D eigenvalue weighted by Gasteiger charge is 2.51. The van der Waals surface area contributed by atoms with E-state index in [1.807, 2.05) is 0 Å². The molecule has 2 aliphatic heterocycles. The lowest BCUT2D eigenvalue weighted by Crippen LogP contribution is -2.44. The first-order valence-corrected chi connectivity index (χ1v) is 25.2. The molecule has 334 valence electrons. The Kier molecular flexibility index (Phi) is 8.71. The van der Waals surface area contributed by atoms with Gasteiger partial charge in [-0.1, -0.05) is 188 Å². The predicted octanol–water partition coefficient (Wildman–Crippen LogP) is 15.3. The van der Waals surface area contributed by atoms with Gasteiger partial charge in [0.15, 0.2) is 7.28 Å². The maximum Gasteiger partial charge on any atom is 0.198 e. The minimum Gasteiger partial charge on any atom is -0.354 e. The van der Waals surface area contributed by atoms with Crippen LogP contribution in [-0.2, 0) is 27.1 Å². The second-order valence-electron chi connectivity index (χ2n) is 23.4. The minimum absolute atomic E-state index is 0.0692. The predicted molar refractivity (Wildman–Crippen MR) is 290 cm³/mol. The fraction of sp³-hybridized carbons (Fsp3) is 0.262. The van der Waals surface area contributed by atoms with Gasteiger partial charge in [-0.2, -0.15) is 0 Å². The molecule has 2 nitrogen and oxygen atoms in total. The van der Waals surface area contributed by atoms with E-state index in [1.165, 1.54) is 137 Å². The lowest BCUT2D eigenvalue weighted by molar-refractivity contribution is 0.332. The summed E-state index contributed by atoms with van der Waals surface area (Å²) in [6.45, 7) is 19.7. The first-order chi connectivity index (χ1) is 32.7. The van der Waals surface area contributed by atoms with Gasteiger partial charge in [0.25, 0.3) is 0 Å². The molecule has 1 N–H and O–H groups in total. The lowest BCUT2D eigenvalue weighted by Gasteiger charge is -2.45. The Bertz CT molecular complexity index is 3380. The van der Waals surface area contributed by atoms with Crippen molar-refractivity contribution in [1.82, 2.24) is 0 Å². The van der Waals surface area contributed by atoms with Gasteiger partial charge in [-0.05, 0) is 162 Å². The van der Waals surface area contributed by atoms with E-state index in [-0.39, 0.29) is 21.7 Å². The summed E-state index contributed by atoms with van der Waals surface area (Å²) in [5.41, 5.74) is 27.8. The third-order valence-corrected chi connectivity index (χ3v) is 17.6. The molecule has 8 aromatic carbocycles. The van der Waals surface area contributed by atoms with Crippen LogP contribution in [0.4, 0.5) is 28.4 Å². The zero-order chi connectivity index (χ0) is 46.5. The summed E-state index contributed by atoms with van der Waals surface area (Å²) in [7, 11) is 0.843. The summed E-state index contributed by atoms with van der Waals surface area (Å²) in [5, 5.41) is 4.15. The fourth-order valence-electron chi connectivity index (χ4n) is 13.6. The Labute approximate surface area is 404 Å². The second-order valence-corrected chi connectivity index (χ2v) is 23.4. The lowest BCUT2D eigenvalue weighted by atomic mass is 9.54. The van der Waals surface area contributed by atoms with Gasteiger partial charge >= 0.3 is 0 Å². The van der Waals surface area contributed by atoms with Gasteiger partial charge in [0.2, 0.25) is 0 Å². The number of hydrogen-bond acceptors (Lipinski definition) is 2. The summed E-state index contributed by atoms with van der Waals surface area (Å²) in [5.74, 6) is 0. The van der Waals surface area contributed by atoms with Crippen LogP contribution in [0.25, 0.3) is 33.4 Å². The molecule has 1 spiro atoms. The van der Waals surface area contributed by atoms with E-state index in [1.54, 1.807) is 0 Å². The summed E-state index contributed by atoms with van der Waals surface area (Å²) in [4.78, 5) is 2.68. The third-order valence-electron chi connectivity index (χ3n) is 17.6. The number of fused-ring (bicyclic) bond motifs is 13. The van der Waals surface area contributed by atoms with Crippen LogP contribution in [0.15, 0.2) is 164 Å². The van der Waals surface area contributed by atoms with E-state index in [0.717, 1.165) is 13.0 Å². The van der Waals surface area contributed by atoms with Crippen LogP contribution in [0.5, 0.6) is 0 Å². The van der Waals surface area contributed by atoms with Crippen LogP contribution in [0, 0.1) is 0 Å². The maximum absolute atomic E-state index is 4.15. The van der Waals surface area contributed by atoms with E-state index in [2.05, 4.69) is 229 Å². The summed E-state index contributed by atoms with van der Waals surface area (Å²) < 4.78 is 0. The van der Waals surface area contributed by atoms with E-state index < -0.39 is 5.41 Å². The molecule has 0 aromatic heterocycles. The maximum atomic E-state index is 4.15. The first kappa shape index (κ1) is 41.6. The van der Waals surface area contributed by atoms with E-state index in [9.17, 15) is 0 Å². The Morgan fingerprint density at radius 2 is 0.941 bits per heavy atom. The van der Waals surface area contributed by atoms with Gasteiger partial charge in [0.05, 0.1) is 11.1 Å². The highest BCUT2D eigenvalue weighted by molar-refractivity contribution is 6.73. The Balaban J connectivity index is 1.12. The largest absolute Gasteiger partial charge is 0.354 e. The molecule has 0 atom stereocenters. The summed E-state index contributed by atoms with van der Waals surface area (Å²) in [6.07, 6.45) is 4.73. The molecule has 0 fully saturated rings. The van der Waals surface area contributed by atoms with Crippen LogP contribution in [0.1, 0.15) is 126 Å². The number of nitrogens with zero attached hydrogens (tertiary/aromatic N) is 1. The monoisotopic (exact) mass is 880 g/mol. The molecule has 8 aromatic rings. The van der Waals surface area contributed by atoms with E-state index >= 15 is 0 Å². The van der Waals surface area contributed by atoms with Crippen molar-refractivity contribution < 1.29 is 0 Å². The number of hydrogen-bond donors (Lipinski definition) is 1. The average molecular weight is 881 g/mol. The second kappa shape index (κ2) is 14.2. The summed E-state index contributed by atoms with van der Waals surface area (Å²) >= 11 is 0. The molecular weight excluding hydrogens is 820 g/mol. The Hall–Kier alpha value is -6.58. The van der Waals surface area contributed by atoms with Crippen LogP contribution in [0.2, 0.25) is 0 Å². The van der Waals surface area contributed by atoms with Gasteiger partial charge in [-0.15, -0.1) is 0 Å². The van der Waals surface area contributed by atoms with Crippen LogP contribution in [0.3, 0.4) is 0 Å². The van der Waals surface area contributed by atoms with E-state index in [0.29, 0.717) is 0 Å². The van der Waals surface area contributed by atoms with Gasteiger partial charge in [0.1, 0.15) is 0 Å². The van der Waals surface area contributed by atoms with Crippen molar-refractivity contribution in [2.45, 2.75) is 108 Å². The molecule has 0 amide bonds. The molecule has 0 saturated carbocycles. The molecular formula is C65H61BN2. The molecule has 5 aliphatic rings. The van der Waals surface area contributed by atoms with Crippen molar-refractivity contribution in [2.24, 2.45) is 0 Å². The quantitative estimate of drug-likeness (QED) is 0.178. The van der Waals surface area contributed by atoms with Gasteiger partial charge in [0, 0.05) is 28.3 Å². The van der Waals surface area contributed by atoms with Gasteiger partial charge < -0.3 is 10.2 Å². The average Bonchev–Trinajstić information content (AvgIpc) is 3.63. The zero-order valence-electron chi connectivity index (χ0n) is 41.1. The highest BCUT2D eigenvalue weighted by atomic mass is 15.2. The number of benzene rings is 8. The molecule has 0 bridgehead atoms. The van der Waals surface area contributed by atoms with Crippen LogP contribution >= 0.6 is 0 Å². The number of para-hydroxylation sites is 2. The highest BCUT2D eigenvalue weighted by Crippen LogP contribution is 2.62. The smallest absolute Gasteiger partial charge is 0.198 e. The Morgan fingerprint density at radius 1 is 0.397 bits per heavy atom. The standard InChI is InChI=1S/C65H61BN2/c1-61(2)31-32-62(3,4)52-37-42(29-30-49(52)61)68-57-39-54-53(63(5,6)33-34-64(54,7)8)38-55(57)66-59-46(35-41(36-58(59)68)40-19-10-9-11-20-40)45-23-18-27-51-60(45)67-56-28-17-16-26-50(56)65(51)47-24-14-12-21-43(47)44-22-13-15-25-48(44)65/h9-30,35-39,66-67H,31-34H2,1-8H3. The SMILES string of the molecule is CC1(C)CCC(C)(C)c2cc(N3c4cc5c(cc4Bc4c(-c6cccc7c6Nc6ccccc6C76c7ccccc7-c7ccccc76)cc(-c6ccccc6)cc43)C(C)(C)CCC5(C)C)ccc21. The Morgan fingerprint density at radius 3 is 1.62 bits per heavy atom. The van der Waals surface area contributed by atoms with Crippen LogP contribution in [-0.4, -0.2) is 7.28 Å². The molecule has 0 saturated heterocycles. The molecule has 0 radical (unpaired) electrons. The van der Waals surface area contributed by atoms with Crippen molar-refractivity contribution in [3.63, 3.8) is 0 Å². The topological polar surface area (TPSA) is 15.3 Å². The molecule has 2 heterocycles. The minimum atomic E-state index is -0.489. The summed E-state index contributed by atoms with van der Waals surface area (Å²) in [6, 6.07) is 63.4.